The van der Waals surface area contributed by atoms with Gasteiger partial charge in [0.05, 0.1) is 29.1 Å². The molecular formula is C22H26FN3O6S2. The molecule has 2 fully saturated rings. The van der Waals surface area contributed by atoms with Crippen molar-refractivity contribution in [2.24, 2.45) is 5.16 Å². The first-order valence-corrected chi connectivity index (χ1v) is 13.4. The third kappa shape index (κ3) is 5.80. The van der Waals surface area contributed by atoms with Crippen molar-refractivity contribution in [3.8, 4) is 0 Å². The number of hydrogen-bond donors (Lipinski definition) is 1. The molecule has 34 heavy (non-hydrogen) atoms. The lowest BCUT2D eigenvalue weighted by molar-refractivity contribution is -0.110. The van der Waals surface area contributed by atoms with E-state index >= 15 is 0 Å². The van der Waals surface area contributed by atoms with Crippen LogP contribution in [0.5, 0.6) is 0 Å². The Balaban J connectivity index is 1.55. The maximum atomic E-state index is 13.3. The molecule has 0 unspecified atom stereocenters. The van der Waals surface area contributed by atoms with Crippen molar-refractivity contribution in [2.75, 3.05) is 25.1 Å². The van der Waals surface area contributed by atoms with Crippen molar-refractivity contribution < 1.29 is 31.9 Å². The van der Waals surface area contributed by atoms with Gasteiger partial charge >= 0.3 is 0 Å². The first kappa shape index (κ1) is 24.7. The summed E-state index contributed by atoms with van der Waals surface area (Å²) in [4.78, 5) is 22.5. The number of ether oxygens (including phenoxy) is 2. The molecule has 1 aromatic heterocycles. The molecule has 9 nitrogen and oxygen atoms in total. The zero-order chi connectivity index (χ0) is 24.1. The molecule has 0 bridgehead atoms. The summed E-state index contributed by atoms with van der Waals surface area (Å²) >= 11 is 0.685. The lowest BCUT2D eigenvalue weighted by atomic mass is 10.1. The summed E-state index contributed by atoms with van der Waals surface area (Å²) in [6, 6.07) is 5.89. The zero-order valence-electron chi connectivity index (χ0n) is 18.6. The fraction of sp³-hybridized carbons (Fsp3) is 0.500. The van der Waals surface area contributed by atoms with E-state index in [9.17, 15) is 17.6 Å². The third-order valence-electron chi connectivity index (χ3n) is 5.73. The standard InChI is InChI=1S/C22H26FN3O6S2/c1-2-31-15-5-6-16(11-15)32-26-20(21(27)25-22-24-12-19(23)33-22)14-3-7-17(8-4-14)34(28,29)18-9-10-30-13-18/h3-4,7-8,12,15-16,18H,2,5-6,9-11,13H2,1H3,(H,24,25,27)/b26-20+/t15-,16-,18+/m1/s1. The smallest absolute Gasteiger partial charge is 0.280 e. The Morgan fingerprint density at radius 3 is 2.68 bits per heavy atom. The molecule has 1 amide bonds. The second kappa shape index (κ2) is 10.9. The number of carbonyl (C=O) groups excluding carboxylic acids is 1. The summed E-state index contributed by atoms with van der Waals surface area (Å²) < 4.78 is 49.8. The quantitative estimate of drug-likeness (QED) is 0.406. The van der Waals surface area contributed by atoms with E-state index in [1.54, 1.807) is 0 Å². The zero-order valence-corrected chi connectivity index (χ0v) is 20.2. The highest BCUT2D eigenvalue weighted by Gasteiger charge is 2.31. The van der Waals surface area contributed by atoms with Gasteiger partial charge in [-0.05, 0) is 38.3 Å². The summed E-state index contributed by atoms with van der Waals surface area (Å²) in [5.41, 5.74) is 0.291. The highest BCUT2D eigenvalue weighted by atomic mass is 32.2. The summed E-state index contributed by atoms with van der Waals surface area (Å²) in [7, 11) is -3.54. The van der Waals surface area contributed by atoms with Gasteiger partial charge in [0, 0.05) is 25.2 Å². The molecule has 0 radical (unpaired) electrons. The van der Waals surface area contributed by atoms with E-state index in [2.05, 4.69) is 15.5 Å². The van der Waals surface area contributed by atoms with Crippen LogP contribution < -0.4 is 5.32 Å². The van der Waals surface area contributed by atoms with E-state index in [0.29, 0.717) is 43.0 Å². The fourth-order valence-electron chi connectivity index (χ4n) is 3.96. The van der Waals surface area contributed by atoms with E-state index in [0.717, 1.165) is 19.0 Å². The van der Waals surface area contributed by atoms with Crippen molar-refractivity contribution in [1.29, 1.82) is 0 Å². The SMILES string of the molecule is CCO[C@@H]1CC[C@@H](O/N=C(/C(=O)Nc2ncc(F)s2)c2ccc(S(=O)(=O)[C@H]3CCOC3)cc2)C1. The average Bonchev–Trinajstić information content (AvgIpc) is 3.58. The minimum atomic E-state index is -3.54. The average molecular weight is 512 g/mol. The second-order valence-electron chi connectivity index (χ2n) is 8.04. The number of nitrogens with one attached hydrogen (secondary N) is 1. The van der Waals surface area contributed by atoms with Crippen molar-refractivity contribution in [1.82, 2.24) is 4.98 Å². The number of nitrogens with zero attached hydrogens (tertiary/aromatic N) is 2. The number of sulfone groups is 1. The van der Waals surface area contributed by atoms with Crippen LogP contribution in [-0.4, -0.2) is 62.3 Å². The minimum Gasteiger partial charge on any atom is -0.392 e. The van der Waals surface area contributed by atoms with Gasteiger partial charge in [0.15, 0.2) is 25.8 Å². The molecule has 2 aliphatic rings. The summed E-state index contributed by atoms with van der Waals surface area (Å²) in [5, 5.41) is 5.57. The number of oxime groups is 1. The van der Waals surface area contributed by atoms with E-state index < -0.39 is 26.1 Å². The number of rotatable bonds is 9. The monoisotopic (exact) mass is 511 g/mol. The molecule has 1 saturated heterocycles. The van der Waals surface area contributed by atoms with Crippen LogP contribution in [0.3, 0.4) is 0 Å². The topological polar surface area (TPSA) is 116 Å². The first-order chi connectivity index (χ1) is 16.4. The van der Waals surface area contributed by atoms with Crippen molar-refractivity contribution >= 4 is 37.9 Å². The Labute approximate surface area is 201 Å². The van der Waals surface area contributed by atoms with Gasteiger partial charge in [0.25, 0.3) is 5.91 Å². The highest BCUT2D eigenvalue weighted by Crippen LogP contribution is 2.26. The van der Waals surface area contributed by atoms with E-state index in [-0.39, 0.29) is 34.6 Å². The third-order valence-corrected chi connectivity index (χ3v) is 8.61. The molecule has 1 aromatic carbocycles. The largest absolute Gasteiger partial charge is 0.392 e. The fourth-order valence-corrected chi connectivity index (χ4v) is 6.08. The van der Waals surface area contributed by atoms with Crippen LogP contribution in [0.25, 0.3) is 0 Å². The minimum absolute atomic E-state index is 0.0661. The van der Waals surface area contributed by atoms with Gasteiger partial charge in [0.2, 0.25) is 0 Å². The Kier molecular flexibility index (Phi) is 7.91. The molecule has 3 atom stereocenters. The number of benzene rings is 1. The van der Waals surface area contributed by atoms with Crippen LogP contribution in [0.15, 0.2) is 40.5 Å². The lowest BCUT2D eigenvalue weighted by Crippen LogP contribution is -2.25. The number of aromatic nitrogens is 1. The lowest BCUT2D eigenvalue weighted by Gasteiger charge is -2.13. The van der Waals surface area contributed by atoms with Gasteiger partial charge in [-0.3, -0.25) is 10.1 Å². The first-order valence-electron chi connectivity index (χ1n) is 11.1. The van der Waals surface area contributed by atoms with Gasteiger partial charge in [-0.25, -0.2) is 13.4 Å². The van der Waals surface area contributed by atoms with Gasteiger partial charge in [-0.1, -0.05) is 28.6 Å². The van der Waals surface area contributed by atoms with E-state index in [4.69, 9.17) is 14.3 Å². The van der Waals surface area contributed by atoms with Crippen LogP contribution in [0, 0.1) is 5.13 Å². The highest BCUT2D eigenvalue weighted by molar-refractivity contribution is 7.92. The van der Waals surface area contributed by atoms with Crippen LogP contribution >= 0.6 is 11.3 Å². The van der Waals surface area contributed by atoms with Gasteiger partial charge in [-0.2, -0.15) is 4.39 Å². The van der Waals surface area contributed by atoms with Gasteiger partial charge in [0.1, 0.15) is 6.10 Å². The van der Waals surface area contributed by atoms with Crippen LogP contribution in [0.4, 0.5) is 9.52 Å². The Hall–Kier alpha value is -2.41. The molecule has 12 heteroatoms. The van der Waals surface area contributed by atoms with Crippen molar-refractivity contribution in [3.63, 3.8) is 0 Å². The predicted octanol–water partition coefficient (Wildman–Crippen LogP) is 3.16. The summed E-state index contributed by atoms with van der Waals surface area (Å²) in [5.74, 6) is -0.645. The molecule has 2 heterocycles. The number of hydrogen-bond acceptors (Lipinski definition) is 9. The molecule has 1 aliphatic carbocycles. The van der Waals surface area contributed by atoms with Crippen LogP contribution in [0.2, 0.25) is 0 Å². The summed E-state index contributed by atoms with van der Waals surface area (Å²) in [6.45, 7) is 3.13. The maximum Gasteiger partial charge on any atom is 0.280 e. The Morgan fingerprint density at radius 1 is 1.26 bits per heavy atom. The summed E-state index contributed by atoms with van der Waals surface area (Å²) in [6.07, 6.45) is 3.56. The number of carbonyl (C=O) groups is 1. The molecule has 0 spiro atoms. The Morgan fingerprint density at radius 2 is 2.03 bits per heavy atom. The molecular weight excluding hydrogens is 485 g/mol. The van der Waals surface area contributed by atoms with Gasteiger partial charge < -0.3 is 14.3 Å². The molecule has 1 N–H and O–H groups in total. The predicted molar refractivity (Wildman–Crippen MR) is 124 cm³/mol. The number of amides is 1. The van der Waals surface area contributed by atoms with Gasteiger partial charge in [-0.15, -0.1) is 0 Å². The number of anilines is 1. The number of thiazole rings is 1. The second-order valence-corrected chi connectivity index (χ2v) is 11.2. The van der Waals surface area contributed by atoms with Crippen LogP contribution in [0.1, 0.15) is 38.2 Å². The Bertz CT molecular complexity index is 1130. The molecule has 184 valence electrons. The van der Waals surface area contributed by atoms with Crippen molar-refractivity contribution in [2.45, 2.75) is 55.0 Å². The maximum absolute atomic E-state index is 13.3. The molecule has 1 aliphatic heterocycles. The molecule has 2 aromatic rings. The normalized spacial score (nSPS) is 23.2. The molecule has 4 rings (SSSR count). The van der Waals surface area contributed by atoms with Crippen LogP contribution in [-0.2, 0) is 28.9 Å². The van der Waals surface area contributed by atoms with Crippen molar-refractivity contribution in [3.05, 3.63) is 41.2 Å². The van der Waals surface area contributed by atoms with E-state index in [1.165, 1.54) is 24.3 Å². The number of halogens is 1. The molecule has 1 saturated carbocycles. The van der Waals surface area contributed by atoms with E-state index in [1.807, 2.05) is 6.92 Å².